The molecule has 0 saturated heterocycles. The second kappa shape index (κ2) is 12.6. The van der Waals surface area contributed by atoms with Crippen molar-refractivity contribution in [1.29, 1.82) is 0 Å². The first kappa shape index (κ1) is 28.3. The molecule has 192 valence electrons. The molecule has 0 aliphatic heterocycles. The van der Waals surface area contributed by atoms with Crippen LogP contribution in [0.15, 0.2) is 11.6 Å². The summed E-state index contributed by atoms with van der Waals surface area (Å²) >= 11 is 0. The topological polar surface area (TPSA) is 97.7 Å². The molecule has 2 aliphatic rings. The number of hydrogen-bond acceptors (Lipinski definition) is 5. The lowest BCUT2D eigenvalue weighted by atomic mass is 9.86. The van der Waals surface area contributed by atoms with Crippen LogP contribution in [0.1, 0.15) is 111 Å². The number of allylic oxidation sites excluding steroid dienone is 2. The van der Waals surface area contributed by atoms with E-state index in [1.807, 2.05) is 19.9 Å². The molecule has 0 aromatic carbocycles. The lowest BCUT2D eigenvalue weighted by Gasteiger charge is -2.22. The Labute approximate surface area is 204 Å². The zero-order chi connectivity index (χ0) is 25.4. The van der Waals surface area contributed by atoms with Gasteiger partial charge >= 0.3 is 5.97 Å². The highest BCUT2D eigenvalue weighted by atomic mass is 16.5. The zero-order valence-electron chi connectivity index (χ0n) is 21.6. The van der Waals surface area contributed by atoms with Crippen LogP contribution in [0, 0.1) is 23.2 Å². The van der Waals surface area contributed by atoms with Crippen LogP contribution in [0.5, 0.6) is 0 Å². The van der Waals surface area contributed by atoms with E-state index in [9.17, 15) is 24.3 Å². The summed E-state index contributed by atoms with van der Waals surface area (Å²) in [7, 11) is 0. The number of rotatable bonds is 15. The second-order valence-corrected chi connectivity index (χ2v) is 11.6. The van der Waals surface area contributed by atoms with Gasteiger partial charge in [0.05, 0.1) is 5.41 Å². The van der Waals surface area contributed by atoms with Crippen LogP contribution in [-0.4, -0.2) is 34.7 Å². The molecular weight excluding hydrogens is 432 g/mol. The number of unbranched alkanes of at least 4 members (excludes halogenated alkanes) is 2. The Kier molecular flexibility index (Phi) is 10.5. The van der Waals surface area contributed by atoms with Crippen molar-refractivity contribution in [3.05, 3.63) is 11.6 Å². The van der Waals surface area contributed by atoms with Crippen molar-refractivity contribution in [2.24, 2.45) is 23.2 Å². The van der Waals surface area contributed by atoms with Crippen molar-refractivity contribution in [1.82, 2.24) is 0 Å². The average Bonchev–Trinajstić information content (AvgIpc) is 3.29. The van der Waals surface area contributed by atoms with E-state index < -0.39 is 17.0 Å². The van der Waals surface area contributed by atoms with Gasteiger partial charge in [0.1, 0.15) is 11.4 Å². The van der Waals surface area contributed by atoms with E-state index in [1.165, 1.54) is 0 Å². The maximum atomic E-state index is 12.8. The maximum Gasteiger partial charge on any atom is 0.309 e. The smallest absolute Gasteiger partial charge is 0.309 e. The van der Waals surface area contributed by atoms with E-state index in [4.69, 9.17) is 4.74 Å². The van der Waals surface area contributed by atoms with Gasteiger partial charge in [0.25, 0.3) is 6.47 Å². The summed E-state index contributed by atoms with van der Waals surface area (Å²) in [6.07, 6.45) is 12.9. The first-order valence-corrected chi connectivity index (χ1v) is 13.1. The zero-order valence-corrected chi connectivity index (χ0v) is 21.6. The number of aliphatic carboxylic acids is 1. The van der Waals surface area contributed by atoms with Gasteiger partial charge in [0.15, 0.2) is 5.78 Å². The SMILES string of the molecule is CC(C)(CCCCC1CCC(C/C=C2\CCC(CCCCC(C)(C)C(=O)O)C2=O)C1=O)OC=O. The number of Topliss-reactive ketones (excluding diaryl/α,β-unsaturated/α-hetero) is 2. The second-order valence-electron chi connectivity index (χ2n) is 11.6. The number of ketones is 2. The fourth-order valence-corrected chi connectivity index (χ4v) is 5.34. The average molecular weight is 477 g/mol. The third-order valence-electron chi connectivity index (χ3n) is 7.90. The quantitative estimate of drug-likeness (QED) is 0.175. The van der Waals surface area contributed by atoms with Crippen LogP contribution in [-0.2, 0) is 23.9 Å². The number of ether oxygens (including phenoxy) is 1. The van der Waals surface area contributed by atoms with Gasteiger partial charge in [-0.1, -0.05) is 25.3 Å². The standard InChI is InChI=1S/C28H44O6/c1-27(2,26(32)33)17-7-5-9-20-11-13-22(24(20)30)15-16-23-14-12-21(25(23)31)10-6-8-18-28(3,4)34-19-29/h15,19-21,23H,5-14,16-18H2,1-4H3,(H,32,33)/b22-15+. The van der Waals surface area contributed by atoms with Crippen LogP contribution < -0.4 is 0 Å². The van der Waals surface area contributed by atoms with Crippen LogP contribution in [0.25, 0.3) is 0 Å². The lowest BCUT2D eigenvalue weighted by Crippen LogP contribution is -2.23. The molecule has 2 rings (SSSR count). The molecule has 1 N–H and O–H groups in total. The summed E-state index contributed by atoms with van der Waals surface area (Å²) in [5.41, 5.74) is -0.265. The summed E-state index contributed by atoms with van der Waals surface area (Å²) in [4.78, 5) is 47.4. The largest absolute Gasteiger partial charge is 0.481 e. The Morgan fingerprint density at radius 2 is 1.56 bits per heavy atom. The van der Waals surface area contributed by atoms with E-state index in [0.717, 1.165) is 76.2 Å². The van der Waals surface area contributed by atoms with E-state index in [0.29, 0.717) is 25.1 Å². The van der Waals surface area contributed by atoms with Gasteiger partial charge in [-0.15, -0.1) is 0 Å². The normalized spacial score (nSPS) is 24.7. The van der Waals surface area contributed by atoms with Crippen molar-refractivity contribution in [2.75, 3.05) is 0 Å². The summed E-state index contributed by atoms with van der Waals surface area (Å²) < 4.78 is 5.08. The van der Waals surface area contributed by atoms with Crippen LogP contribution in [0.4, 0.5) is 0 Å². The van der Waals surface area contributed by atoms with Crippen LogP contribution >= 0.6 is 0 Å². The number of carbonyl (C=O) groups excluding carboxylic acids is 3. The van der Waals surface area contributed by atoms with Gasteiger partial charge in [0.2, 0.25) is 0 Å². The Balaban J connectivity index is 1.70. The predicted molar refractivity (Wildman–Crippen MR) is 131 cm³/mol. The number of carbonyl (C=O) groups is 4. The van der Waals surface area contributed by atoms with Crippen molar-refractivity contribution in [3.63, 3.8) is 0 Å². The molecular formula is C28H44O6. The van der Waals surface area contributed by atoms with Crippen molar-refractivity contribution in [2.45, 2.75) is 117 Å². The Morgan fingerprint density at radius 1 is 0.941 bits per heavy atom. The van der Waals surface area contributed by atoms with Crippen LogP contribution in [0.2, 0.25) is 0 Å². The minimum absolute atomic E-state index is 0.0393. The third-order valence-corrected chi connectivity index (χ3v) is 7.90. The minimum Gasteiger partial charge on any atom is -0.481 e. The molecule has 2 saturated carbocycles. The Hall–Kier alpha value is -1.98. The van der Waals surface area contributed by atoms with Crippen LogP contribution in [0.3, 0.4) is 0 Å². The van der Waals surface area contributed by atoms with Gasteiger partial charge in [-0.2, -0.15) is 0 Å². The Morgan fingerprint density at radius 3 is 2.21 bits per heavy atom. The molecule has 2 fully saturated rings. The summed E-state index contributed by atoms with van der Waals surface area (Å²) in [6, 6.07) is 0. The summed E-state index contributed by atoms with van der Waals surface area (Å²) in [5.74, 6) is 0.0335. The number of carboxylic acids is 1. The molecule has 0 aromatic rings. The Bertz CT molecular complexity index is 763. The minimum atomic E-state index is -0.772. The molecule has 3 atom stereocenters. The molecule has 0 spiro atoms. The van der Waals surface area contributed by atoms with Crippen molar-refractivity contribution < 1.29 is 29.0 Å². The molecule has 0 radical (unpaired) electrons. The van der Waals surface area contributed by atoms with Gasteiger partial charge in [-0.3, -0.25) is 19.2 Å². The molecule has 0 amide bonds. The molecule has 3 unspecified atom stereocenters. The highest BCUT2D eigenvalue weighted by molar-refractivity contribution is 5.99. The molecule has 0 bridgehead atoms. The van der Waals surface area contributed by atoms with Crippen molar-refractivity contribution >= 4 is 24.0 Å². The number of hydrogen-bond donors (Lipinski definition) is 1. The maximum absolute atomic E-state index is 12.8. The highest BCUT2D eigenvalue weighted by Gasteiger charge is 2.34. The third kappa shape index (κ3) is 8.35. The fraction of sp³-hybridized carbons (Fsp3) is 0.786. The molecule has 6 nitrogen and oxygen atoms in total. The van der Waals surface area contributed by atoms with Gasteiger partial charge in [-0.25, -0.2) is 0 Å². The molecule has 6 heteroatoms. The van der Waals surface area contributed by atoms with E-state index in [-0.39, 0.29) is 23.5 Å². The lowest BCUT2D eigenvalue weighted by molar-refractivity contribution is -0.147. The molecule has 2 aliphatic carbocycles. The molecule has 0 heterocycles. The number of carboxylic acid groups (broad SMARTS) is 1. The molecule has 34 heavy (non-hydrogen) atoms. The predicted octanol–water partition coefficient (Wildman–Crippen LogP) is 6.06. The summed E-state index contributed by atoms with van der Waals surface area (Å²) in [5, 5.41) is 9.21. The summed E-state index contributed by atoms with van der Waals surface area (Å²) in [6.45, 7) is 7.80. The fourth-order valence-electron chi connectivity index (χ4n) is 5.34. The van der Waals surface area contributed by atoms with Gasteiger partial charge in [0, 0.05) is 17.8 Å². The highest BCUT2D eigenvalue weighted by Crippen LogP contribution is 2.36. The van der Waals surface area contributed by atoms with Crippen molar-refractivity contribution in [3.8, 4) is 0 Å². The van der Waals surface area contributed by atoms with Gasteiger partial charge < -0.3 is 9.84 Å². The van der Waals surface area contributed by atoms with E-state index in [2.05, 4.69) is 0 Å². The van der Waals surface area contributed by atoms with Gasteiger partial charge in [-0.05, 0) is 97.5 Å². The molecule has 0 aromatic heterocycles. The van der Waals surface area contributed by atoms with E-state index in [1.54, 1.807) is 13.8 Å². The first-order valence-electron chi connectivity index (χ1n) is 13.1. The van der Waals surface area contributed by atoms with E-state index >= 15 is 0 Å². The first-order chi connectivity index (χ1) is 16.0. The monoisotopic (exact) mass is 476 g/mol.